The molecule has 1 heterocycles. The number of aliphatic carboxylic acids is 1. The third-order valence-electron chi connectivity index (χ3n) is 2.50. The highest BCUT2D eigenvalue weighted by Crippen LogP contribution is 2.31. The van der Waals surface area contributed by atoms with Gasteiger partial charge in [0.2, 0.25) is 0 Å². The fourth-order valence-corrected chi connectivity index (χ4v) is 2.72. The molecule has 1 amide bonds. The van der Waals surface area contributed by atoms with Crippen LogP contribution in [0.25, 0.3) is 6.08 Å². The molecule has 7 heteroatoms. The molecule has 1 N–H and O–H groups in total. The highest BCUT2D eigenvalue weighted by molar-refractivity contribution is 8.26. The maximum Gasteiger partial charge on any atom is 0.341 e. The first-order chi connectivity index (χ1) is 9.47. The second-order valence-corrected chi connectivity index (χ2v) is 5.67. The van der Waals surface area contributed by atoms with Gasteiger partial charge in [0.25, 0.3) is 5.91 Å². The Hall–Kier alpha value is -1.86. The molecule has 0 unspecified atom stereocenters. The zero-order valence-electron chi connectivity index (χ0n) is 10.5. The topological polar surface area (TPSA) is 66.8 Å². The first-order valence-electron chi connectivity index (χ1n) is 5.63. The van der Waals surface area contributed by atoms with E-state index in [1.165, 1.54) is 16.7 Å². The number of hydrogen-bond donors (Lipinski definition) is 1. The standard InChI is InChI=1S/C13H11NO4S2/c1-14-12(17)10(20-13(14)19)6-8-3-2-4-9(5-8)18-7-11(15)16/h2-6H,7H2,1H3,(H,15,16)/b10-6+. The van der Waals surface area contributed by atoms with Gasteiger partial charge in [0, 0.05) is 7.05 Å². The average Bonchev–Trinajstić information content (AvgIpc) is 2.65. The van der Waals surface area contributed by atoms with Gasteiger partial charge in [0.05, 0.1) is 4.91 Å². The van der Waals surface area contributed by atoms with Gasteiger partial charge in [-0.1, -0.05) is 36.1 Å². The Morgan fingerprint density at radius 1 is 1.55 bits per heavy atom. The molecule has 1 aromatic rings. The average molecular weight is 309 g/mol. The van der Waals surface area contributed by atoms with Crippen LogP contribution in [0.3, 0.4) is 0 Å². The molecule has 2 rings (SSSR count). The van der Waals surface area contributed by atoms with Gasteiger partial charge in [-0.3, -0.25) is 9.69 Å². The van der Waals surface area contributed by atoms with Crippen LogP contribution in [0.5, 0.6) is 5.75 Å². The monoisotopic (exact) mass is 309 g/mol. The molecule has 0 atom stereocenters. The Bertz CT molecular complexity index is 612. The lowest BCUT2D eigenvalue weighted by Gasteiger charge is -2.04. The van der Waals surface area contributed by atoms with Crippen molar-refractivity contribution in [1.29, 1.82) is 0 Å². The number of carbonyl (C=O) groups excluding carboxylic acids is 1. The molecule has 20 heavy (non-hydrogen) atoms. The van der Waals surface area contributed by atoms with Crippen molar-refractivity contribution in [2.24, 2.45) is 0 Å². The van der Waals surface area contributed by atoms with Crippen molar-refractivity contribution in [3.63, 3.8) is 0 Å². The van der Waals surface area contributed by atoms with E-state index in [2.05, 4.69) is 0 Å². The summed E-state index contributed by atoms with van der Waals surface area (Å²) >= 11 is 6.28. The van der Waals surface area contributed by atoms with Crippen molar-refractivity contribution in [3.05, 3.63) is 34.7 Å². The van der Waals surface area contributed by atoms with Gasteiger partial charge in [-0.2, -0.15) is 0 Å². The number of carboxylic acids is 1. The van der Waals surface area contributed by atoms with Crippen LogP contribution in [-0.4, -0.2) is 39.9 Å². The lowest BCUT2D eigenvalue weighted by atomic mass is 10.2. The molecule has 0 saturated carbocycles. The number of hydrogen-bond acceptors (Lipinski definition) is 5. The number of thiocarbonyl (C=S) groups is 1. The molecular formula is C13H11NO4S2. The lowest BCUT2D eigenvalue weighted by molar-refractivity contribution is -0.139. The Balaban J connectivity index is 2.18. The van der Waals surface area contributed by atoms with E-state index in [0.717, 1.165) is 5.56 Å². The maximum absolute atomic E-state index is 11.9. The molecule has 104 valence electrons. The maximum atomic E-state index is 11.9. The molecule has 1 aliphatic heterocycles. The summed E-state index contributed by atoms with van der Waals surface area (Å²) in [5, 5.41) is 8.56. The molecule has 5 nitrogen and oxygen atoms in total. The van der Waals surface area contributed by atoms with Crippen molar-refractivity contribution in [1.82, 2.24) is 4.90 Å². The number of carboxylic acid groups (broad SMARTS) is 1. The van der Waals surface area contributed by atoms with Crippen LogP contribution in [0, 0.1) is 0 Å². The van der Waals surface area contributed by atoms with Crippen LogP contribution in [0.2, 0.25) is 0 Å². The largest absolute Gasteiger partial charge is 0.482 e. The molecular weight excluding hydrogens is 298 g/mol. The SMILES string of the molecule is CN1C(=O)/C(=C\c2cccc(OCC(=O)O)c2)SC1=S. The fraction of sp³-hybridized carbons (Fsp3) is 0.154. The van der Waals surface area contributed by atoms with E-state index < -0.39 is 12.6 Å². The first-order valence-corrected chi connectivity index (χ1v) is 6.86. The highest BCUT2D eigenvalue weighted by atomic mass is 32.2. The fourth-order valence-electron chi connectivity index (χ4n) is 1.54. The van der Waals surface area contributed by atoms with Gasteiger partial charge in [-0.15, -0.1) is 0 Å². The minimum atomic E-state index is -1.04. The number of ether oxygens (including phenoxy) is 1. The van der Waals surface area contributed by atoms with Gasteiger partial charge < -0.3 is 9.84 Å². The van der Waals surface area contributed by atoms with E-state index in [1.54, 1.807) is 37.4 Å². The van der Waals surface area contributed by atoms with Gasteiger partial charge in [0.1, 0.15) is 10.1 Å². The predicted octanol–water partition coefficient (Wildman–Crippen LogP) is 1.98. The Morgan fingerprint density at radius 3 is 2.90 bits per heavy atom. The number of likely N-dealkylation sites (N-methyl/N-ethyl adjacent to an activating group) is 1. The molecule has 1 fully saturated rings. The molecule has 0 aliphatic carbocycles. The summed E-state index contributed by atoms with van der Waals surface area (Å²) in [6, 6.07) is 6.86. The summed E-state index contributed by atoms with van der Waals surface area (Å²) < 4.78 is 5.60. The summed E-state index contributed by atoms with van der Waals surface area (Å²) in [5.41, 5.74) is 0.752. The molecule has 1 aliphatic rings. The van der Waals surface area contributed by atoms with Gasteiger partial charge in [0.15, 0.2) is 6.61 Å². The number of benzene rings is 1. The Kier molecular flexibility index (Phi) is 4.41. The molecule has 0 aromatic heterocycles. The van der Waals surface area contributed by atoms with Crippen LogP contribution in [0.1, 0.15) is 5.56 Å². The zero-order chi connectivity index (χ0) is 14.7. The summed E-state index contributed by atoms with van der Waals surface area (Å²) in [6.07, 6.45) is 1.70. The number of rotatable bonds is 4. The Labute approximate surface area is 125 Å². The van der Waals surface area contributed by atoms with Crippen LogP contribution in [0.15, 0.2) is 29.2 Å². The Morgan fingerprint density at radius 2 is 2.30 bits per heavy atom. The van der Waals surface area contributed by atoms with Crippen molar-refractivity contribution in [3.8, 4) is 5.75 Å². The van der Waals surface area contributed by atoms with E-state index in [4.69, 9.17) is 22.1 Å². The summed E-state index contributed by atoms with van der Waals surface area (Å²) in [7, 11) is 1.63. The van der Waals surface area contributed by atoms with E-state index >= 15 is 0 Å². The van der Waals surface area contributed by atoms with Crippen LogP contribution in [0.4, 0.5) is 0 Å². The predicted molar refractivity (Wildman–Crippen MR) is 80.5 cm³/mol. The van der Waals surface area contributed by atoms with Crippen molar-refractivity contribution in [2.75, 3.05) is 13.7 Å². The van der Waals surface area contributed by atoms with Crippen molar-refractivity contribution >= 4 is 46.3 Å². The second-order valence-electron chi connectivity index (χ2n) is 4.00. The normalized spacial score (nSPS) is 16.9. The highest BCUT2D eigenvalue weighted by Gasteiger charge is 2.28. The summed E-state index contributed by atoms with van der Waals surface area (Å²) in [4.78, 5) is 24.3. The molecule has 1 aromatic carbocycles. The minimum Gasteiger partial charge on any atom is -0.482 e. The number of amides is 1. The minimum absolute atomic E-state index is 0.142. The van der Waals surface area contributed by atoms with Gasteiger partial charge in [-0.05, 0) is 23.8 Å². The quantitative estimate of drug-likeness (QED) is 0.677. The summed E-state index contributed by atoms with van der Waals surface area (Å²) in [5.74, 6) is -0.743. The number of thioether (sulfide) groups is 1. The van der Waals surface area contributed by atoms with Crippen LogP contribution in [-0.2, 0) is 9.59 Å². The summed E-state index contributed by atoms with van der Waals surface area (Å²) in [6.45, 7) is -0.402. The smallest absolute Gasteiger partial charge is 0.341 e. The molecule has 0 radical (unpaired) electrons. The van der Waals surface area contributed by atoms with E-state index in [0.29, 0.717) is 15.0 Å². The van der Waals surface area contributed by atoms with Crippen LogP contribution >= 0.6 is 24.0 Å². The molecule has 1 saturated heterocycles. The zero-order valence-corrected chi connectivity index (χ0v) is 12.2. The first kappa shape index (κ1) is 14.5. The van der Waals surface area contributed by atoms with Crippen molar-refractivity contribution in [2.45, 2.75) is 0 Å². The van der Waals surface area contributed by atoms with Crippen molar-refractivity contribution < 1.29 is 19.4 Å². The molecule has 0 bridgehead atoms. The van der Waals surface area contributed by atoms with Crippen LogP contribution < -0.4 is 4.74 Å². The van der Waals surface area contributed by atoms with Gasteiger partial charge >= 0.3 is 5.97 Å². The van der Waals surface area contributed by atoms with E-state index in [9.17, 15) is 9.59 Å². The second kappa shape index (κ2) is 6.06. The van der Waals surface area contributed by atoms with E-state index in [-0.39, 0.29) is 5.91 Å². The van der Waals surface area contributed by atoms with Gasteiger partial charge in [-0.25, -0.2) is 4.79 Å². The third-order valence-corrected chi connectivity index (χ3v) is 3.99. The number of nitrogens with zero attached hydrogens (tertiary/aromatic N) is 1. The third kappa shape index (κ3) is 3.37. The van der Waals surface area contributed by atoms with E-state index in [1.807, 2.05) is 0 Å². The molecule has 0 spiro atoms. The number of carbonyl (C=O) groups is 2. The lowest BCUT2D eigenvalue weighted by Crippen LogP contribution is -2.22.